The molecule has 90 valence electrons. The van der Waals surface area contributed by atoms with E-state index in [0.29, 0.717) is 17.8 Å². The number of piperidine rings is 1. The van der Waals surface area contributed by atoms with Gasteiger partial charge in [0.15, 0.2) is 0 Å². The maximum absolute atomic E-state index is 13.0. The summed E-state index contributed by atoms with van der Waals surface area (Å²) in [6.45, 7) is 0. The first-order chi connectivity index (χ1) is 8.20. The molecule has 2 unspecified atom stereocenters. The molecule has 0 radical (unpaired) electrons. The Kier molecular flexibility index (Phi) is 2.81. The van der Waals surface area contributed by atoms with Gasteiger partial charge in [0.1, 0.15) is 17.7 Å². The average molecular weight is 254 g/mol. The van der Waals surface area contributed by atoms with Crippen molar-refractivity contribution in [3.05, 3.63) is 41.2 Å². The Morgan fingerprint density at radius 3 is 2.59 bits per heavy atom. The average Bonchev–Trinajstić information content (AvgIpc) is 2.64. The summed E-state index contributed by atoms with van der Waals surface area (Å²) in [4.78, 5) is 0. The second-order valence-corrected chi connectivity index (χ2v) is 4.96. The molecule has 2 aliphatic heterocycles. The molecule has 4 heteroatoms. The molecule has 2 heterocycles. The molecule has 1 fully saturated rings. The summed E-state index contributed by atoms with van der Waals surface area (Å²) in [7, 11) is 0. The molecule has 2 bridgehead atoms. The topological polar surface area (TPSA) is 21.3 Å². The number of benzene rings is 1. The number of rotatable bonds is 2. The molecular weight excluding hydrogens is 241 g/mol. The minimum Gasteiger partial charge on any atom is -0.490 e. The number of hydrogen-bond acceptors (Lipinski definition) is 2. The lowest BCUT2D eigenvalue weighted by atomic mass is 10.0. The highest BCUT2D eigenvalue weighted by Gasteiger charge is 2.30. The largest absolute Gasteiger partial charge is 0.490 e. The van der Waals surface area contributed by atoms with Gasteiger partial charge in [-0.25, -0.2) is 4.39 Å². The van der Waals surface area contributed by atoms with Gasteiger partial charge in [-0.05, 0) is 12.1 Å². The van der Waals surface area contributed by atoms with Gasteiger partial charge in [-0.3, -0.25) is 0 Å². The minimum atomic E-state index is -0.411. The van der Waals surface area contributed by atoms with Crippen LogP contribution >= 0.6 is 11.6 Å². The van der Waals surface area contributed by atoms with E-state index in [1.165, 1.54) is 12.1 Å². The molecule has 2 atom stereocenters. The van der Waals surface area contributed by atoms with Crippen LogP contribution in [-0.4, -0.2) is 18.2 Å². The van der Waals surface area contributed by atoms with Crippen LogP contribution in [0.2, 0.25) is 5.02 Å². The fourth-order valence-electron chi connectivity index (χ4n) is 2.45. The van der Waals surface area contributed by atoms with Crippen LogP contribution in [0.25, 0.3) is 0 Å². The molecule has 0 saturated carbocycles. The first-order valence-electron chi connectivity index (χ1n) is 5.77. The third kappa shape index (κ3) is 2.31. The number of fused-ring (bicyclic) bond motifs is 2. The van der Waals surface area contributed by atoms with Crippen molar-refractivity contribution >= 4 is 11.6 Å². The second-order valence-electron chi connectivity index (χ2n) is 4.55. The van der Waals surface area contributed by atoms with Gasteiger partial charge in [-0.1, -0.05) is 23.8 Å². The van der Waals surface area contributed by atoms with E-state index in [0.717, 1.165) is 12.8 Å². The lowest BCUT2D eigenvalue weighted by molar-refractivity contribution is 0.142. The maximum atomic E-state index is 13.0. The van der Waals surface area contributed by atoms with Crippen molar-refractivity contribution in [3.8, 4) is 5.75 Å². The summed E-state index contributed by atoms with van der Waals surface area (Å²) in [5, 5.41) is 3.56. The summed E-state index contributed by atoms with van der Waals surface area (Å²) < 4.78 is 18.8. The van der Waals surface area contributed by atoms with Crippen molar-refractivity contribution in [2.45, 2.75) is 31.0 Å². The zero-order valence-corrected chi connectivity index (χ0v) is 9.95. The van der Waals surface area contributed by atoms with E-state index in [1.54, 1.807) is 6.07 Å². The molecule has 1 saturated heterocycles. The number of hydrogen-bond donors (Lipinski definition) is 1. The van der Waals surface area contributed by atoms with Crippen molar-refractivity contribution in [2.24, 2.45) is 0 Å². The summed E-state index contributed by atoms with van der Waals surface area (Å²) in [5.41, 5.74) is 0. The van der Waals surface area contributed by atoms with Crippen LogP contribution in [0.1, 0.15) is 12.8 Å². The minimum absolute atomic E-state index is 0.109. The molecule has 1 aromatic carbocycles. The van der Waals surface area contributed by atoms with Crippen molar-refractivity contribution < 1.29 is 9.13 Å². The molecule has 1 N–H and O–H groups in total. The summed E-state index contributed by atoms with van der Waals surface area (Å²) >= 11 is 5.72. The van der Waals surface area contributed by atoms with Gasteiger partial charge in [0.25, 0.3) is 0 Å². The predicted octanol–water partition coefficient (Wildman–Crippen LogP) is 2.92. The van der Waals surface area contributed by atoms with Gasteiger partial charge in [0.05, 0.1) is 5.02 Å². The molecule has 3 rings (SSSR count). The highest BCUT2D eigenvalue weighted by atomic mass is 35.5. The Labute approximate surface area is 104 Å². The normalized spacial score (nSPS) is 30.6. The van der Waals surface area contributed by atoms with Crippen LogP contribution in [0.4, 0.5) is 4.39 Å². The predicted molar refractivity (Wildman–Crippen MR) is 64.9 cm³/mol. The molecule has 1 aromatic rings. The van der Waals surface area contributed by atoms with Crippen LogP contribution in [0.5, 0.6) is 5.75 Å². The van der Waals surface area contributed by atoms with E-state index in [4.69, 9.17) is 16.3 Å². The molecule has 17 heavy (non-hydrogen) atoms. The maximum Gasteiger partial charge on any atom is 0.142 e. The highest BCUT2D eigenvalue weighted by molar-refractivity contribution is 6.30. The van der Waals surface area contributed by atoms with Gasteiger partial charge < -0.3 is 10.1 Å². The highest BCUT2D eigenvalue weighted by Crippen LogP contribution is 2.27. The summed E-state index contributed by atoms with van der Waals surface area (Å²) in [6.07, 6.45) is 6.43. The molecule has 2 nitrogen and oxygen atoms in total. The van der Waals surface area contributed by atoms with Crippen LogP contribution in [0, 0.1) is 5.82 Å². The lowest BCUT2D eigenvalue weighted by Gasteiger charge is -2.29. The Balaban J connectivity index is 1.69. The summed E-state index contributed by atoms with van der Waals surface area (Å²) in [6, 6.07) is 5.32. The zero-order chi connectivity index (χ0) is 11.8. The first kappa shape index (κ1) is 11.1. The number of ether oxygens (including phenoxy) is 1. The quantitative estimate of drug-likeness (QED) is 0.819. The smallest absolute Gasteiger partial charge is 0.142 e. The number of nitrogens with one attached hydrogen (secondary N) is 1. The van der Waals surface area contributed by atoms with E-state index in [9.17, 15) is 4.39 Å². The summed E-state index contributed by atoms with van der Waals surface area (Å²) in [5.74, 6) is 0.230. The third-order valence-corrected chi connectivity index (χ3v) is 3.52. The Morgan fingerprint density at radius 1 is 1.24 bits per heavy atom. The monoisotopic (exact) mass is 253 g/mol. The zero-order valence-electron chi connectivity index (χ0n) is 9.20. The van der Waals surface area contributed by atoms with Crippen molar-refractivity contribution in [2.75, 3.05) is 0 Å². The molecule has 2 aliphatic rings. The van der Waals surface area contributed by atoms with Crippen molar-refractivity contribution in [1.82, 2.24) is 5.32 Å². The molecule has 0 spiro atoms. The SMILES string of the molecule is Fc1ccc(OC2CC3C=CC(C2)N3)cc1Cl. The van der Waals surface area contributed by atoms with E-state index >= 15 is 0 Å². The standard InChI is InChI=1S/C13H13ClFNO/c14-12-7-10(3-4-13(12)15)17-11-5-8-1-2-9(6-11)16-8/h1-4,7-9,11,16H,5-6H2. The lowest BCUT2D eigenvalue weighted by Crippen LogP contribution is -2.43. The van der Waals surface area contributed by atoms with E-state index in [2.05, 4.69) is 17.5 Å². The molecule has 0 aliphatic carbocycles. The van der Waals surface area contributed by atoms with Crippen LogP contribution in [-0.2, 0) is 0 Å². The Morgan fingerprint density at radius 2 is 1.94 bits per heavy atom. The number of halogens is 2. The molecular formula is C13H13ClFNO. The Bertz CT molecular complexity index is 449. The Hall–Kier alpha value is -1.06. The molecule has 0 amide bonds. The fourth-order valence-corrected chi connectivity index (χ4v) is 2.62. The van der Waals surface area contributed by atoms with Crippen LogP contribution in [0.3, 0.4) is 0 Å². The van der Waals surface area contributed by atoms with Gasteiger partial charge in [0, 0.05) is 31.0 Å². The fraction of sp³-hybridized carbons (Fsp3) is 0.385. The van der Waals surface area contributed by atoms with Gasteiger partial charge in [0.2, 0.25) is 0 Å². The van der Waals surface area contributed by atoms with Crippen molar-refractivity contribution in [1.29, 1.82) is 0 Å². The van der Waals surface area contributed by atoms with E-state index < -0.39 is 5.82 Å². The second kappa shape index (κ2) is 4.31. The van der Waals surface area contributed by atoms with Crippen LogP contribution < -0.4 is 10.1 Å². The van der Waals surface area contributed by atoms with Gasteiger partial charge in [-0.2, -0.15) is 0 Å². The first-order valence-corrected chi connectivity index (χ1v) is 6.14. The van der Waals surface area contributed by atoms with Crippen molar-refractivity contribution in [3.63, 3.8) is 0 Å². The third-order valence-electron chi connectivity index (χ3n) is 3.23. The van der Waals surface area contributed by atoms with Gasteiger partial charge >= 0.3 is 0 Å². The van der Waals surface area contributed by atoms with E-state index in [-0.39, 0.29) is 11.1 Å². The van der Waals surface area contributed by atoms with E-state index in [1.807, 2.05) is 0 Å². The van der Waals surface area contributed by atoms with Gasteiger partial charge in [-0.15, -0.1) is 0 Å². The molecule has 0 aromatic heterocycles. The van der Waals surface area contributed by atoms with Crippen LogP contribution in [0.15, 0.2) is 30.4 Å².